The molecule has 4 rings (SSSR count). The highest BCUT2D eigenvalue weighted by atomic mass is 16.5. The van der Waals surface area contributed by atoms with Gasteiger partial charge in [0, 0.05) is 36.2 Å². The van der Waals surface area contributed by atoms with Gasteiger partial charge in [0.1, 0.15) is 18.1 Å². The quantitative estimate of drug-likeness (QED) is 0.338. The molecule has 0 aliphatic carbocycles. The Labute approximate surface area is 191 Å². The van der Waals surface area contributed by atoms with E-state index in [0.717, 1.165) is 38.9 Å². The van der Waals surface area contributed by atoms with Crippen molar-refractivity contribution in [2.75, 3.05) is 19.5 Å². The van der Waals surface area contributed by atoms with Gasteiger partial charge in [0.25, 0.3) is 0 Å². The van der Waals surface area contributed by atoms with Crippen LogP contribution in [0.2, 0.25) is 0 Å². The molecule has 7 heteroatoms. The molecule has 0 saturated heterocycles. The molecule has 0 spiro atoms. The summed E-state index contributed by atoms with van der Waals surface area (Å²) in [6, 6.07) is 17.3. The smallest absolute Gasteiger partial charge is 0.307 e. The van der Waals surface area contributed by atoms with E-state index in [0.29, 0.717) is 23.6 Å². The Balaban J connectivity index is 1.70. The SMILES string of the molecule is CNc1cc(-c2cccc(CN)c2)cc2c(COc3cc(OC)ccc3CC(=O)O)coc12. The van der Waals surface area contributed by atoms with Gasteiger partial charge in [-0.1, -0.05) is 24.3 Å². The minimum absolute atomic E-state index is 0.142. The summed E-state index contributed by atoms with van der Waals surface area (Å²) in [5.41, 5.74) is 12.0. The van der Waals surface area contributed by atoms with E-state index in [1.54, 1.807) is 31.6 Å². The fraction of sp³-hybridized carbons (Fsp3) is 0.192. The second-order valence-corrected chi connectivity index (χ2v) is 7.65. The van der Waals surface area contributed by atoms with Crippen LogP contribution in [-0.2, 0) is 24.4 Å². The van der Waals surface area contributed by atoms with Crippen molar-refractivity contribution in [3.63, 3.8) is 0 Å². The zero-order valence-electron chi connectivity index (χ0n) is 18.6. The van der Waals surface area contributed by atoms with E-state index in [1.165, 1.54) is 0 Å². The molecule has 7 nitrogen and oxygen atoms in total. The van der Waals surface area contributed by atoms with Gasteiger partial charge in [-0.25, -0.2) is 0 Å². The molecule has 0 radical (unpaired) electrons. The monoisotopic (exact) mass is 446 g/mol. The highest BCUT2D eigenvalue weighted by Crippen LogP contribution is 2.35. The van der Waals surface area contributed by atoms with E-state index in [4.69, 9.17) is 19.6 Å². The fourth-order valence-electron chi connectivity index (χ4n) is 3.79. The second kappa shape index (κ2) is 9.67. The Kier molecular flexibility index (Phi) is 6.51. The molecule has 0 amide bonds. The number of benzene rings is 3. The maximum atomic E-state index is 11.3. The van der Waals surface area contributed by atoms with Crippen molar-refractivity contribution in [3.8, 4) is 22.6 Å². The van der Waals surface area contributed by atoms with Gasteiger partial charge in [-0.05, 0) is 41.0 Å². The molecule has 1 heterocycles. The lowest BCUT2D eigenvalue weighted by Gasteiger charge is -2.12. The zero-order chi connectivity index (χ0) is 23.4. The molecule has 0 aliphatic rings. The zero-order valence-corrected chi connectivity index (χ0v) is 18.6. The number of carboxylic acid groups (broad SMARTS) is 1. The maximum absolute atomic E-state index is 11.3. The maximum Gasteiger partial charge on any atom is 0.307 e. The van der Waals surface area contributed by atoms with Crippen molar-refractivity contribution in [1.82, 2.24) is 0 Å². The highest BCUT2D eigenvalue weighted by molar-refractivity contribution is 5.96. The number of aliphatic carboxylic acids is 1. The third-order valence-corrected chi connectivity index (χ3v) is 5.52. The summed E-state index contributed by atoms with van der Waals surface area (Å²) in [6.07, 6.45) is 1.53. The summed E-state index contributed by atoms with van der Waals surface area (Å²) in [7, 11) is 3.40. The lowest BCUT2D eigenvalue weighted by molar-refractivity contribution is -0.136. The number of rotatable bonds is 9. The molecule has 1 aromatic heterocycles. The molecule has 0 saturated carbocycles. The Morgan fingerprint density at radius 1 is 1.09 bits per heavy atom. The average molecular weight is 447 g/mol. The number of hydrogen-bond acceptors (Lipinski definition) is 6. The van der Waals surface area contributed by atoms with E-state index in [2.05, 4.69) is 17.4 Å². The summed E-state index contributed by atoms with van der Waals surface area (Å²) in [4.78, 5) is 11.3. The number of nitrogens with one attached hydrogen (secondary N) is 1. The van der Waals surface area contributed by atoms with Gasteiger partial charge in [-0.2, -0.15) is 0 Å². The first kappa shape index (κ1) is 22.2. The van der Waals surface area contributed by atoms with Crippen LogP contribution in [0.25, 0.3) is 22.1 Å². The van der Waals surface area contributed by atoms with E-state index in [-0.39, 0.29) is 13.0 Å². The number of hydrogen-bond donors (Lipinski definition) is 3. The molecule has 4 N–H and O–H groups in total. The van der Waals surface area contributed by atoms with Gasteiger partial charge >= 0.3 is 5.97 Å². The number of nitrogens with two attached hydrogens (primary N) is 1. The van der Waals surface area contributed by atoms with Gasteiger partial charge < -0.3 is 30.0 Å². The van der Waals surface area contributed by atoms with E-state index < -0.39 is 5.97 Å². The molecule has 170 valence electrons. The highest BCUT2D eigenvalue weighted by Gasteiger charge is 2.15. The number of furan rings is 1. The number of carboxylic acids is 1. The van der Waals surface area contributed by atoms with Crippen LogP contribution >= 0.6 is 0 Å². The normalized spacial score (nSPS) is 10.9. The number of carbonyl (C=O) groups is 1. The number of fused-ring (bicyclic) bond motifs is 1. The predicted molar refractivity (Wildman–Crippen MR) is 128 cm³/mol. The first-order chi connectivity index (χ1) is 16.0. The Bertz CT molecular complexity index is 1300. The number of ether oxygens (including phenoxy) is 2. The summed E-state index contributed by atoms with van der Waals surface area (Å²) in [6.45, 7) is 0.682. The van der Waals surface area contributed by atoms with Gasteiger partial charge in [0.2, 0.25) is 0 Å². The van der Waals surface area contributed by atoms with Crippen LogP contribution in [0.4, 0.5) is 5.69 Å². The predicted octanol–water partition coefficient (Wildman–Crippen LogP) is 4.81. The van der Waals surface area contributed by atoms with Crippen molar-refractivity contribution in [3.05, 3.63) is 77.6 Å². The summed E-state index contributed by atoms with van der Waals surface area (Å²) in [5.74, 6) is 0.129. The van der Waals surface area contributed by atoms with Crippen LogP contribution in [0.1, 0.15) is 16.7 Å². The second-order valence-electron chi connectivity index (χ2n) is 7.65. The van der Waals surface area contributed by atoms with Gasteiger partial charge in [0.15, 0.2) is 5.58 Å². The lowest BCUT2D eigenvalue weighted by Crippen LogP contribution is -2.04. The van der Waals surface area contributed by atoms with E-state index in [9.17, 15) is 9.90 Å². The number of methoxy groups -OCH3 is 1. The van der Waals surface area contributed by atoms with Crippen LogP contribution in [0.5, 0.6) is 11.5 Å². The van der Waals surface area contributed by atoms with Crippen molar-refractivity contribution in [1.29, 1.82) is 0 Å². The minimum atomic E-state index is -0.929. The first-order valence-electron chi connectivity index (χ1n) is 10.5. The molecule has 0 atom stereocenters. The third-order valence-electron chi connectivity index (χ3n) is 5.52. The summed E-state index contributed by atoms with van der Waals surface area (Å²) < 4.78 is 17.2. The van der Waals surface area contributed by atoms with Crippen LogP contribution in [0.3, 0.4) is 0 Å². The molecule has 0 fully saturated rings. The Morgan fingerprint density at radius 2 is 1.94 bits per heavy atom. The van der Waals surface area contributed by atoms with Crippen molar-refractivity contribution >= 4 is 22.6 Å². The lowest BCUT2D eigenvalue weighted by atomic mass is 10.00. The Morgan fingerprint density at radius 3 is 2.67 bits per heavy atom. The summed E-state index contributed by atoms with van der Waals surface area (Å²) in [5, 5.41) is 13.3. The van der Waals surface area contributed by atoms with Crippen molar-refractivity contribution < 1.29 is 23.8 Å². The van der Waals surface area contributed by atoms with Crippen molar-refractivity contribution in [2.45, 2.75) is 19.6 Å². The van der Waals surface area contributed by atoms with Crippen LogP contribution < -0.4 is 20.5 Å². The van der Waals surface area contributed by atoms with Crippen LogP contribution in [0.15, 0.2) is 65.3 Å². The van der Waals surface area contributed by atoms with Gasteiger partial charge in [0.05, 0.1) is 25.5 Å². The fourth-order valence-corrected chi connectivity index (χ4v) is 3.79. The first-order valence-corrected chi connectivity index (χ1v) is 10.5. The molecule has 0 aliphatic heterocycles. The molecule has 0 bridgehead atoms. The van der Waals surface area contributed by atoms with Crippen molar-refractivity contribution in [2.24, 2.45) is 5.73 Å². The Hall–Kier alpha value is -3.97. The van der Waals surface area contributed by atoms with Crippen LogP contribution in [-0.4, -0.2) is 25.2 Å². The molecular formula is C26H26N2O5. The topological polar surface area (TPSA) is 107 Å². The number of anilines is 1. The standard InChI is InChI=1S/C26H26N2O5/c1-28-23-10-19(17-5-3-4-16(8-17)13-27)9-22-20(15-33-26(22)23)14-32-24-12-21(31-2)7-6-18(24)11-25(29)30/h3-10,12,15,28H,11,13-14,27H2,1-2H3,(H,29,30). The molecular weight excluding hydrogens is 420 g/mol. The average Bonchev–Trinajstić information content (AvgIpc) is 3.25. The largest absolute Gasteiger partial charge is 0.497 e. The van der Waals surface area contributed by atoms with Crippen LogP contribution in [0, 0.1) is 0 Å². The molecule has 33 heavy (non-hydrogen) atoms. The third kappa shape index (κ3) is 4.78. The van der Waals surface area contributed by atoms with Gasteiger partial charge in [-0.3, -0.25) is 4.79 Å². The molecule has 0 unspecified atom stereocenters. The minimum Gasteiger partial charge on any atom is -0.497 e. The summed E-state index contributed by atoms with van der Waals surface area (Å²) >= 11 is 0. The molecule has 3 aromatic carbocycles. The van der Waals surface area contributed by atoms with Gasteiger partial charge in [-0.15, -0.1) is 0 Å². The molecule has 4 aromatic rings. The van der Waals surface area contributed by atoms with E-state index >= 15 is 0 Å². The van der Waals surface area contributed by atoms with E-state index in [1.807, 2.05) is 31.3 Å².